The number of nitro benzene ring substituents is 1. The highest BCUT2D eigenvalue weighted by atomic mass is 16.6. The number of rotatable bonds is 8. The van der Waals surface area contributed by atoms with E-state index in [1.165, 1.54) is 6.07 Å². The Balaban J connectivity index is 2.59. The van der Waals surface area contributed by atoms with Crippen molar-refractivity contribution in [3.05, 3.63) is 33.9 Å². The Labute approximate surface area is 114 Å². The minimum Gasteiger partial charge on any atom is -0.486 e. The molecule has 19 heavy (non-hydrogen) atoms. The van der Waals surface area contributed by atoms with Crippen molar-refractivity contribution >= 4 is 5.69 Å². The van der Waals surface area contributed by atoms with Crippen LogP contribution in [0.3, 0.4) is 0 Å². The fraction of sp³-hybridized carbons (Fsp3) is 0.571. The number of ether oxygens (including phenoxy) is 1. The maximum absolute atomic E-state index is 10.9. The SMILES string of the molecule is CCCNCC(C)COc1c(C)cccc1[N+](=O)[O-]. The van der Waals surface area contributed by atoms with Crippen LogP contribution in [0.1, 0.15) is 25.8 Å². The highest BCUT2D eigenvalue weighted by Gasteiger charge is 2.17. The summed E-state index contributed by atoms with van der Waals surface area (Å²) in [5, 5.41) is 14.3. The van der Waals surface area contributed by atoms with E-state index in [-0.39, 0.29) is 5.69 Å². The van der Waals surface area contributed by atoms with E-state index in [1.807, 2.05) is 13.0 Å². The topological polar surface area (TPSA) is 64.4 Å². The molecule has 1 rings (SSSR count). The molecule has 1 atom stereocenters. The maximum atomic E-state index is 10.9. The molecule has 0 fully saturated rings. The monoisotopic (exact) mass is 266 g/mol. The molecule has 1 unspecified atom stereocenters. The smallest absolute Gasteiger partial charge is 0.311 e. The zero-order valence-electron chi connectivity index (χ0n) is 11.8. The van der Waals surface area contributed by atoms with Crippen LogP contribution in [0.15, 0.2) is 18.2 Å². The lowest BCUT2D eigenvalue weighted by Gasteiger charge is -2.15. The molecule has 1 N–H and O–H groups in total. The van der Waals surface area contributed by atoms with Crippen molar-refractivity contribution in [2.24, 2.45) is 5.92 Å². The van der Waals surface area contributed by atoms with Crippen LogP contribution in [0.4, 0.5) is 5.69 Å². The molecule has 0 radical (unpaired) electrons. The van der Waals surface area contributed by atoms with Crippen molar-refractivity contribution in [1.29, 1.82) is 0 Å². The summed E-state index contributed by atoms with van der Waals surface area (Å²) in [6.07, 6.45) is 1.09. The van der Waals surface area contributed by atoms with Gasteiger partial charge in [0.05, 0.1) is 11.5 Å². The van der Waals surface area contributed by atoms with E-state index in [0.717, 1.165) is 25.1 Å². The molecule has 0 bridgehead atoms. The summed E-state index contributed by atoms with van der Waals surface area (Å²) in [5.74, 6) is 0.695. The van der Waals surface area contributed by atoms with Crippen LogP contribution < -0.4 is 10.1 Å². The van der Waals surface area contributed by atoms with E-state index in [9.17, 15) is 10.1 Å². The second kappa shape index (κ2) is 7.74. The lowest BCUT2D eigenvalue weighted by molar-refractivity contribution is -0.386. The second-order valence-electron chi connectivity index (χ2n) is 4.80. The van der Waals surface area contributed by atoms with E-state index < -0.39 is 4.92 Å². The molecule has 1 aromatic carbocycles. The third-order valence-corrected chi connectivity index (χ3v) is 2.82. The van der Waals surface area contributed by atoms with Crippen molar-refractivity contribution < 1.29 is 9.66 Å². The average Bonchev–Trinajstić information content (AvgIpc) is 2.37. The molecule has 5 nitrogen and oxygen atoms in total. The highest BCUT2D eigenvalue weighted by Crippen LogP contribution is 2.30. The standard InChI is InChI=1S/C14H22N2O3/c1-4-8-15-9-11(2)10-19-14-12(3)6-5-7-13(14)16(17)18/h5-7,11,15H,4,8-10H2,1-3H3. The number of nitro groups is 1. The Morgan fingerprint density at radius 1 is 1.47 bits per heavy atom. The highest BCUT2D eigenvalue weighted by molar-refractivity contribution is 5.51. The van der Waals surface area contributed by atoms with Crippen LogP contribution >= 0.6 is 0 Å². The van der Waals surface area contributed by atoms with Crippen molar-refractivity contribution in [3.8, 4) is 5.75 Å². The molecule has 5 heteroatoms. The molecule has 0 heterocycles. The van der Waals surface area contributed by atoms with Gasteiger partial charge in [-0.3, -0.25) is 10.1 Å². The van der Waals surface area contributed by atoms with Gasteiger partial charge in [-0.2, -0.15) is 0 Å². The van der Waals surface area contributed by atoms with Gasteiger partial charge >= 0.3 is 5.69 Å². The van der Waals surface area contributed by atoms with Gasteiger partial charge in [0.15, 0.2) is 5.75 Å². The number of nitrogens with one attached hydrogen (secondary N) is 1. The molecular weight excluding hydrogens is 244 g/mol. The Hall–Kier alpha value is -1.62. The normalized spacial score (nSPS) is 12.2. The zero-order chi connectivity index (χ0) is 14.3. The van der Waals surface area contributed by atoms with Gasteiger partial charge in [-0.25, -0.2) is 0 Å². The zero-order valence-corrected chi connectivity index (χ0v) is 11.8. The van der Waals surface area contributed by atoms with E-state index in [4.69, 9.17) is 4.74 Å². The second-order valence-corrected chi connectivity index (χ2v) is 4.80. The van der Waals surface area contributed by atoms with Gasteiger partial charge in [-0.1, -0.05) is 26.0 Å². The first kappa shape index (κ1) is 15.4. The van der Waals surface area contributed by atoms with Gasteiger partial charge < -0.3 is 10.1 Å². The largest absolute Gasteiger partial charge is 0.486 e. The Morgan fingerprint density at radius 2 is 2.21 bits per heavy atom. The molecule has 0 aliphatic rings. The Morgan fingerprint density at radius 3 is 2.84 bits per heavy atom. The fourth-order valence-electron chi connectivity index (χ4n) is 1.78. The van der Waals surface area contributed by atoms with Crippen molar-refractivity contribution in [3.63, 3.8) is 0 Å². The van der Waals surface area contributed by atoms with Gasteiger partial charge in [0.1, 0.15) is 0 Å². The summed E-state index contributed by atoms with van der Waals surface area (Å²) in [4.78, 5) is 10.5. The summed E-state index contributed by atoms with van der Waals surface area (Å²) in [6, 6.07) is 4.97. The minimum atomic E-state index is -0.400. The first-order valence-electron chi connectivity index (χ1n) is 6.63. The summed E-state index contributed by atoms with van der Waals surface area (Å²) in [5.41, 5.74) is 0.830. The number of para-hydroxylation sites is 1. The molecule has 0 saturated carbocycles. The summed E-state index contributed by atoms with van der Waals surface area (Å²) in [6.45, 7) is 8.31. The van der Waals surface area contributed by atoms with Crippen molar-refractivity contribution in [2.75, 3.05) is 19.7 Å². The van der Waals surface area contributed by atoms with Crippen LogP contribution in [0.25, 0.3) is 0 Å². The van der Waals surface area contributed by atoms with Crippen LogP contribution in [-0.4, -0.2) is 24.6 Å². The molecule has 0 aliphatic carbocycles. The maximum Gasteiger partial charge on any atom is 0.311 e. The Bertz CT molecular complexity index is 421. The van der Waals surface area contributed by atoms with Gasteiger partial charge in [-0.15, -0.1) is 0 Å². The van der Waals surface area contributed by atoms with Gasteiger partial charge in [0.2, 0.25) is 0 Å². The minimum absolute atomic E-state index is 0.0358. The number of nitrogens with zero attached hydrogens (tertiary/aromatic N) is 1. The number of hydrogen-bond acceptors (Lipinski definition) is 4. The number of aryl methyl sites for hydroxylation is 1. The number of hydrogen-bond donors (Lipinski definition) is 1. The third-order valence-electron chi connectivity index (χ3n) is 2.82. The van der Waals surface area contributed by atoms with Crippen molar-refractivity contribution in [2.45, 2.75) is 27.2 Å². The van der Waals surface area contributed by atoms with Gasteiger partial charge in [-0.05, 0) is 25.5 Å². The quantitative estimate of drug-likeness (QED) is 0.446. The first-order chi connectivity index (χ1) is 9.06. The molecule has 0 aromatic heterocycles. The van der Waals surface area contributed by atoms with Crippen LogP contribution in [0.5, 0.6) is 5.75 Å². The summed E-state index contributed by atoms with van der Waals surface area (Å²) < 4.78 is 5.64. The van der Waals surface area contributed by atoms with Gasteiger partial charge in [0, 0.05) is 18.5 Å². The van der Waals surface area contributed by atoms with E-state index in [1.54, 1.807) is 6.07 Å². The summed E-state index contributed by atoms with van der Waals surface area (Å²) >= 11 is 0. The molecule has 0 amide bonds. The molecule has 1 aromatic rings. The van der Waals surface area contributed by atoms with Gasteiger partial charge in [0.25, 0.3) is 0 Å². The molecule has 0 aliphatic heterocycles. The average molecular weight is 266 g/mol. The first-order valence-corrected chi connectivity index (χ1v) is 6.63. The summed E-state index contributed by atoms with van der Waals surface area (Å²) in [7, 11) is 0. The van der Waals surface area contributed by atoms with Crippen molar-refractivity contribution in [1.82, 2.24) is 5.32 Å². The molecule has 0 spiro atoms. The van der Waals surface area contributed by atoms with Crippen LogP contribution in [0.2, 0.25) is 0 Å². The lowest BCUT2D eigenvalue weighted by atomic mass is 10.1. The molecular formula is C14H22N2O3. The third kappa shape index (κ3) is 4.87. The Kier molecular flexibility index (Phi) is 6.29. The molecule has 0 saturated heterocycles. The predicted molar refractivity (Wildman–Crippen MR) is 75.7 cm³/mol. The number of benzene rings is 1. The van der Waals surface area contributed by atoms with E-state index >= 15 is 0 Å². The molecule has 106 valence electrons. The van der Waals surface area contributed by atoms with E-state index in [0.29, 0.717) is 18.3 Å². The fourth-order valence-corrected chi connectivity index (χ4v) is 1.78. The van der Waals surface area contributed by atoms with Crippen LogP contribution in [-0.2, 0) is 0 Å². The van der Waals surface area contributed by atoms with E-state index in [2.05, 4.69) is 19.2 Å². The lowest BCUT2D eigenvalue weighted by Crippen LogP contribution is -2.25. The predicted octanol–water partition coefficient (Wildman–Crippen LogP) is 2.92. The van der Waals surface area contributed by atoms with Crippen LogP contribution in [0, 0.1) is 23.0 Å².